The highest BCUT2D eigenvalue weighted by Gasteiger charge is 2.27. The van der Waals surface area contributed by atoms with Crippen molar-refractivity contribution in [1.29, 1.82) is 0 Å². The lowest BCUT2D eigenvalue weighted by Crippen LogP contribution is -2.27. The summed E-state index contributed by atoms with van der Waals surface area (Å²) in [5.41, 5.74) is 2.90. The van der Waals surface area contributed by atoms with Crippen LogP contribution in [0.4, 0.5) is 5.82 Å². The molecular formula is C27H32N6O3. The van der Waals surface area contributed by atoms with Gasteiger partial charge < -0.3 is 14.8 Å². The van der Waals surface area contributed by atoms with Crippen LogP contribution in [-0.4, -0.2) is 43.8 Å². The highest BCUT2D eigenvalue weighted by Crippen LogP contribution is 2.36. The molecular weight excluding hydrogens is 456 g/mol. The third kappa shape index (κ3) is 4.91. The molecule has 0 saturated heterocycles. The first-order valence-electron chi connectivity index (χ1n) is 12.6. The summed E-state index contributed by atoms with van der Waals surface area (Å²) in [7, 11) is 1.63. The molecule has 9 nitrogen and oxygen atoms in total. The van der Waals surface area contributed by atoms with Gasteiger partial charge >= 0.3 is 0 Å². The van der Waals surface area contributed by atoms with E-state index in [9.17, 15) is 4.79 Å². The van der Waals surface area contributed by atoms with Crippen molar-refractivity contribution in [2.24, 2.45) is 7.05 Å². The Hall–Kier alpha value is -3.88. The van der Waals surface area contributed by atoms with Crippen molar-refractivity contribution in [3.05, 3.63) is 59.0 Å². The average molecular weight is 489 g/mol. The molecule has 0 aliphatic heterocycles. The maximum atomic E-state index is 11.6. The number of anilines is 1. The Morgan fingerprint density at radius 3 is 2.50 bits per heavy atom. The standard InChI is InChI=1S/C27H32N6O3/c1-4-28-24-16-23-22(17-29-24)27(18-6-10-20(11-7-18)35-5-2)31-33(23)19-8-12-21(13-9-19)36-25-14-15-26(34)32(3)30-25/h6-7,10-11,14-17,19,21H,4-5,8-9,12-13H2,1-3H3,(H,28,29). The van der Waals surface area contributed by atoms with Gasteiger partial charge in [0.25, 0.3) is 5.56 Å². The summed E-state index contributed by atoms with van der Waals surface area (Å²) < 4.78 is 15.2. The number of nitrogens with one attached hydrogen (secondary N) is 1. The lowest BCUT2D eigenvalue weighted by molar-refractivity contribution is 0.123. The molecule has 36 heavy (non-hydrogen) atoms. The molecule has 0 atom stereocenters. The van der Waals surface area contributed by atoms with Crippen molar-refractivity contribution in [3.8, 4) is 22.9 Å². The second-order valence-corrected chi connectivity index (χ2v) is 9.05. The molecule has 0 amide bonds. The molecule has 1 aliphatic rings. The van der Waals surface area contributed by atoms with Gasteiger partial charge in [0.1, 0.15) is 23.4 Å². The predicted octanol–water partition coefficient (Wildman–Crippen LogP) is 4.59. The first-order valence-corrected chi connectivity index (χ1v) is 12.6. The molecule has 0 unspecified atom stereocenters. The lowest BCUT2D eigenvalue weighted by atomic mass is 9.93. The van der Waals surface area contributed by atoms with Gasteiger partial charge in [-0.1, -0.05) is 0 Å². The van der Waals surface area contributed by atoms with E-state index in [2.05, 4.69) is 45.2 Å². The van der Waals surface area contributed by atoms with E-state index in [1.54, 1.807) is 13.1 Å². The molecule has 0 spiro atoms. The topological polar surface area (TPSA) is 96.1 Å². The van der Waals surface area contributed by atoms with Crippen LogP contribution in [0.5, 0.6) is 11.6 Å². The smallest absolute Gasteiger partial charge is 0.266 e. The fraction of sp³-hybridized carbons (Fsp3) is 0.407. The Morgan fingerprint density at radius 2 is 1.81 bits per heavy atom. The number of aromatic nitrogens is 5. The predicted molar refractivity (Wildman–Crippen MR) is 140 cm³/mol. The number of rotatable bonds is 8. The van der Waals surface area contributed by atoms with Gasteiger partial charge in [0.05, 0.1) is 18.2 Å². The van der Waals surface area contributed by atoms with Crippen molar-refractivity contribution >= 4 is 16.7 Å². The summed E-state index contributed by atoms with van der Waals surface area (Å²) in [5, 5.41) is 13.7. The van der Waals surface area contributed by atoms with Crippen LogP contribution in [0.25, 0.3) is 22.2 Å². The van der Waals surface area contributed by atoms with Crippen molar-refractivity contribution in [1.82, 2.24) is 24.5 Å². The van der Waals surface area contributed by atoms with Gasteiger partial charge in [0.2, 0.25) is 5.88 Å². The zero-order valence-corrected chi connectivity index (χ0v) is 21.0. The van der Waals surface area contributed by atoms with Gasteiger partial charge in [0.15, 0.2) is 0 Å². The van der Waals surface area contributed by atoms with Crippen LogP contribution in [0.1, 0.15) is 45.6 Å². The van der Waals surface area contributed by atoms with Crippen LogP contribution in [-0.2, 0) is 7.05 Å². The summed E-state index contributed by atoms with van der Waals surface area (Å²) >= 11 is 0. The summed E-state index contributed by atoms with van der Waals surface area (Å²) in [6, 6.07) is 13.6. The Bertz CT molecular complexity index is 1390. The van der Waals surface area contributed by atoms with E-state index in [4.69, 9.17) is 14.6 Å². The monoisotopic (exact) mass is 488 g/mol. The number of hydrogen-bond donors (Lipinski definition) is 1. The summed E-state index contributed by atoms with van der Waals surface area (Å²) in [6.45, 7) is 5.49. The molecule has 4 aromatic rings. The second-order valence-electron chi connectivity index (χ2n) is 9.05. The number of benzene rings is 1. The minimum atomic E-state index is -0.147. The van der Waals surface area contributed by atoms with Gasteiger partial charge in [-0.3, -0.25) is 9.48 Å². The van der Waals surface area contributed by atoms with E-state index in [1.165, 1.54) is 10.7 Å². The molecule has 3 aromatic heterocycles. The quantitative estimate of drug-likeness (QED) is 0.388. The minimum absolute atomic E-state index is 0.0673. The molecule has 5 rings (SSSR count). The van der Waals surface area contributed by atoms with E-state index in [0.29, 0.717) is 12.5 Å². The van der Waals surface area contributed by atoms with Crippen LogP contribution in [0, 0.1) is 0 Å². The van der Waals surface area contributed by atoms with Crippen LogP contribution >= 0.6 is 0 Å². The van der Waals surface area contributed by atoms with Crippen LogP contribution in [0.15, 0.2) is 53.5 Å². The van der Waals surface area contributed by atoms with E-state index in [1.807, 2.05) is 25.3 Å². The van der Waals surface area contributed by atoms with E-state index < -0.39 is 0 Å². The maximum absolute atomic E-state index is 11.6. The third-order valence-corrected chi connectivity index (χ3v) is 6.60. The number of pyridine rings is 1. The van der Waals surface area contributed by atoms with Crippen molar-refractivity contribution in [2.45, 2.75) is 51.7 Å². The number of aryl methyl sites for hydroxylation is 1. The molecule has 3 heterocycles. The highest BCUT2D eigenvalue weighted by molar-refractivity contribution is 5.94. The number of hydrogen-bond acceptors (Lipinski definition) is 7. The van der Waals surface area contributed by atoms with Crippen molar-refractivity contribution in [3.63, 3.8) is 0 Å². The first kappa shape index (κ1) is 23.8. The van der Waals surface area contributed by atoms with Gasteiger partial charge in [-0.2, -0.15) is 5.10 Å². The fourth-order valence-corrected chi connectivity index (χ4v) is 4.80. The van der Waals surface area contributed by atoms with Crippen molar-refractivity contribution in [2.75, 3.05) is 18.5 Å². The maximum Gasteiger partial charge on any atom is 0.266 e. The van der Waals surface area contributed by atoms with Gasteiger partial charge in [-0.15, -0.1) is 5.10 Å². The molecule has 0 bridgehead atoms. The van der Waals surface area contributed by atoms with Crippen molar-refractivity contribution < 1.29 is 9.47 Å². The molecule has 1 fully saturated rings. The lowest BCUT2D eigenvalue weighted by Gasteiger charge is -2.29. The largest absolute Gasteiger partial charge is 0.494 e. The average Bonchev–Trinajstić information content (AvgIpc) is 3.26. The van der Waals surface area contributed by atoms with E-state index >= 15 is 0 Å². The Labute approximate surface area is 210 Å². The number of fused-ring (bicyclic) bond motifs is 1. The number of ether oxygens (including phenoxy) is 2. The Morgan fingerprint density at radius 1 is 1.03 bits per heavy atom. The molecule has 1 N–H and O–H groups in total. The molecule has 188 valence electrons. The minimum Gasteiger partial charge on any atom is -0.494 e. The molecule has 1 aliphatic carbocycles. The molecule has 1 aromatic carbocycles. The Kier molecular flexibility index (Phi) is 6.88. The first-order chi connectivity index (χ1) is 17.6. The van der Waals surface area contributed by atoms with Gasteiger partial charge in [-0.25, -0.2) is 9.67 Å². The normalized spacial score (nSPS) is 17.8. The van der Waals surface area contributed by atoms with Crippen LogP contribution < -0.4 is 20.3 Å². The Balaban J connectivity index is 1.40. The highest BCUT2D eigenvalue weighted by atomic mass is 16.5. The SMILES string of the molecule is CCNc1cc2c(cn1)c(-c1ccc(OCC)cc1)nn2C1CCC(Oc2ccc(=O)n(C)n2)CC1. The van der Waals surface area contributed by atoms with Crippen LogP contribution in [0.2, 0.25) is 0 Å². The van der Waals surface area contributed by atoms with Gasteiger partial charge in [-0.05, 0) is 63.8 Å². The summed E-state index contributed by atoms with van der Waals surface area (Å²) in [6.07, 6.45) is 5.64. The molecule has 9 heteroatoms. The summed E-state index contributed by atoms with van der Waals surface area (Å²) in [4.78, 5) is 16.2. The third-order valence-electron chi connectivity index (χ3n) is 6.60. The molecule has 0 radical (unpaired) electrons. The molecule has 1 saturated carbocycles. The fourth-order valence-electron chi connectivity index (χ4n) is 4.80. The zero-order valence-electron chi connectivity index (χ0n) is 21.0. The summed E-state index contributed by atoms with van der Waals surface area (Å²) in [5.74, 6) is 2.19. The van der Waals surface area contributed by atoms with E-state index in [-0.39, 0.29) is 17.7 Å². The number of nitrogens with zero attached hydrogens (tertiary/aromatic N) is 5. The van der Waals surface area contributed by atoms with E-state index in [0.717, 1.165) is 66.0 Å². The van der Waals surface area contributed by atoms with Gasteiger partial charge in [0, 0.05) is 48.9 Å². The second kappa shape index (κ2) is 10.4. The van der Waals surface area contributed by atoms with Crippen LogP contribution in [0.3, 0.4) is 0 Å². The zero-order chi connectivity index (χ0) is 25.1.